The molecular formula is C23H31N3O7S. The lowest BCUT2D eigenvalue weighted by molar-refractivity contribution is -0.119. The minimum absolute atomic E-state index is 0.174. The number of ether oxygens (including phenoxy) is 4. The summed E-state index contributed by atoms with van der Waals surface area (Å²) in [5, 5.41) is 3.94. The summed E-state index contributed by atoms with van der Waals surface area (Å²) in [5.41, 5.74) is 3.19. The first-order chi connectivity index (χ1) is 16.2. The van der Waals surface area contributed by atoms with Crippen molar-refractivity contribution in [1.29, 1.82) is 0 Å². The molecule has 0 atom stereocenters. The number of methoxy groups -OCH3 is 2. The average molecular weight is 494 g/mol. The van der Waals surface area contributed by atoms with Gasteiger partial charge in [-0.3, -0.25) is 9.10 Å². The molecule has 0 aromatic heterocycles. The third-order valence-corrected chi connectivity index (χ3v) is 5.60. The van der Waals surface area contributed by atoms with Crippen molar-refractivity contribution in [2.45, 2.75) is 20.3 Å². The van der Waals surface area contributed by atoms with E-state index in [1.165, 1.54) is 26.5 Å². The lowest BCUT2D eigenvalue weighted by Crippen LogP contribution is -2.39. The summed E-state index contributed by atoms with van der Waals surface area (Å²) < 4.78 is 47.5. The lowest BCUT2D eigenvalue weighted by atomic mass is 10.2. The van der Waals surface area contributed by atoms with Gasteiger partial charge < -0.3 is 18.9 Å². The fraction of sp³-hybridized carbons (Fsp3) is 0.391. The van der Waals surface area contributed by atoms with Crippen LogP contribution in [0.15, 0.2) is 41.5 Å². The second-order valence-electron chi connectivity index (χ2n) is 7.09. The van der Waals surface area contributed by atoms with Gasteiger partial charge in [-0.1, -0.05) is 6.92 Å². The van der Waals surface area contributed by atoms with Gasteiger partial charge in [-0.25, -0.2) is 13.8 Å². The first kappa shape index (κ1) is 26.8. The van der Waals surface area contributed by atoms with E-state index in [4.69, 9.17) is 18.9 Å². The van der Waals surface area contributed by atoms with Crippen LogP contribution in [-0.2, 0) is 14.8 Å². The van der Waals surface area contributed by atoms with E-state index in [0.29, 0.717) is 36.0 Å². The molecule has 1 amide bonds. The molecule has 0 bridgehead atoms. The van der Waals surface area contributed by atoms with E-state index in [9.17, 15) is 13.2 Å². The number of hydrogen-bond acceptors (Lipinski definition) is 8. The molecular weight excluding hydrogens is 462 g/mol. The van der Waals surface area contributed by atoms with Crippen molar-refractivity contribution in [2.75, 3.05) is 44.5 Å². The molecule has 0 fully saturated rings. The summed E-state index contributed by atoms with van der Waals surface area (Å²) in [6, 6.07) is 9.95. The van der Waals surface area contributed by atoms with Gasteiger partial charge in [-0.2, -0.15) is 5.10 Å². The Balaban J connectivity index is 2.16. The number of rotatable bonds is 13. The Hall–Kier alpha value is -3.47. The third kappa shape index (κ3) is 7.55. The molecule has 11 heteroatoms. The van der Waals surface area contributed by atoms with E-state index in [-0.39, 0.29) is 11.4 Å². The largest absolute Gasteiger partial charge is 0.497 e. The van der Waals surface area contributed by atoms with Crippen LogP contribution in [0.2, 0.25) is 0 Å². The molecule has 0 aliphatic rings. The van der Waals surface area contributed by atoms with E-state index in [0.717, 1.165) is 17.0 Å². The summed E-state index contributed by atoms with van der Waals surface area (Å²) in [6.07, 6.45) is 3.30. The van der Waals surface area contributed by atoms with Crippen LogP contribution >= 0.6 is 0 Å². The molecule has 1 N–H and O–H groups in total. The Kier molecular flexibility index (Phi) is 9.99. The van der Waals surface area contributed by atoms with Crippen LogP contribution in [0.5, 0.6) is 23.0 Å². The van der Waals surface area contributed by atoms with Crippen LogP contribution in [0.3, 0.4) is 0 Å². The van der Waals surface area contributed by atoms with Crippen molar-refractivity contribution in [3.8, 4) is 23.0 Å². The Bertz CT molecular complexity index is 1100. The Labute approximate surface area is 200 Å². The van der Waals surface area contributed by atoms with Gasteiger partial charge in [0.2, 0.25) is 10.0 Å². The lowest BCUT2D eigenvalue weighted by Gasteiger charge is -2.23. The maximum Gasteiger partial charge on any atom is 0.260 e. The van der Waals surface area contributed by atoms with Crippen molar-refractivity contribution in [3.05, 3.63) is 42.0 Å². The van der Waals surface area contributed by atoms with Gasteiger partial charge >= 0.3 is 0 Å². The molecule has 0 aliphatic carbocycles. The van der Waals surface area contributed by atoms with Gasteiger partial charge in [0.05, 0.1) is 45.6 Å². The topological polar surface area (TPSA) is 116 Å². The van der Waals surface area contributed by atoms with Gasteiger partial charge in [-0.05, 0) is 49.2 Å². The number of carbonyl (C=O) groups excluding carboxylic acids is 1. The van der Waals surface area contributed by atoms with E-state index >= 15 is 0 Å². The second-order valence-corrected chi connectivity index (χ2v) is 9.00. The minimum atomic E-state index is -3.82. The van der Waals surface area contributed by atoms with Crippen LogP contribution in [0, 0.1) is 0 Å². The number of anilines is 1. The van der Waals surface area contributed by atoms with Crippen LogP contribution in [0.25, 0.3) is 0 Å². The third-order valence-electron chi connectivity index (χ3n) is 4.47. The maximum absolute atomic E-state index is 12.5. The zero-order chi connectivity index (χ0) is 25.1. The van der Waals surface area contributed by atoms with E-state index in [1.807, 2.05) is 13.8 Å². The number of hydrazone groups is 1. The van der Waals surface area contributed by atoms with Crippen LogP contribution in [-0.4, -0.2) is 60.8 Å². The van der Waals surface area contributed by atoms with Crippen LogP contribution in [0.4, 0.5) is 5.69 Å². The molecule has 0 radical (unpaired) electrons. The fourth-order valence-corrected chi connectivity index (χ4v) is 3.77. The van der Waals surface area contributed by atoms with E-state index in [2.05, 4.69) is 10.5 Å². The number of nitrogens with zero attached hydrogens (tertiary/aromatic N) is 2. The standard InChI is InChI=1S/C23H31N3O7S/c1-6-12-33-21-10-8-17(13-22(21)32-7-2)15-24-25-23(27)16-26(34(5,28)29)19-14-18(30-3)9-11-20(19)31-4/h8-11,13-15H,6-7,12,16H2,1-5H3,(H,25,27)/b24-15-. The molecule has 34 heavy (non-hydrogen) atoms. The number of carbonyl (C=O) groups is 1. The van der Waals surface area contributed by atoms with Crippen molar-refractivity contribution in [1.82, 2.24) is 5.43 Å². The van der Waals surface area contributed by atoms with E-state index in [1.54, 1.807) is 30.3 Å². The molecule has 186 valence electrons. The highest BCUT2D eigenvalue weighted by Crippen LogP contribution is 2.33. The van der Waals surface area contributed by atoms with Gasteiger partial charge in [0.1, 0.15) is 18.0 Å². The van der Waals surface area contributed by atoms with E-state index < -0.39 is 22.5 Å². The zero-order valence-corrected chi connectivity index (χ0v) is 20.8. The summed E-state index contributed by atoms with van der Waals surface area (Å²) in [6.45, 7) is 4.41. The number of benzene rings is 2. The summed E-state index contributed by atoms with van der Waals surface area (Å²) in [7, 11) is -0.954. The van der Waals surface area contributed by atoms with Gasteiger partial charge in [0.25, 0.3) is 5.91 Å². The van der Waals surface area contributed by atoms with Crippen LogP contribution in [0.1, 0.15) is 25.8 Å². The molecule has 10 nitrogen and oxygen atoms in total. The van der Waals surface area contributed by atoms with Crippen molar-refractivity contribution < 1.29 is 32.2 Å². The summed E-state index contributed by atoms with van der Waals surface area (Å²) >= 11 is 0. The molecule has 0 saturated carbocycles. The Morgan fingerprint density at radius 2 is 1.76 bits per heavy atom. The summed E-state index contributed by atoms with van der Waals surface area (Å²) in [5.74, 6) is 1.25. The average Bonchev–Trinajstić information content (AvgIpc) is 2.81. The van der Waals surface area contributed by atoms with Crippen molar-refractivity contribution in [2.24, 2.45) is 5.10 Å². The highest BCUT2D eigenvalue weighted by molar-refractivity contribution is 7.92. The molecule has 0 spiro atoms. The normalized spacial score (nSPS) is 11.2. The number of hydrogen-bond donors (Lipinski definition) is 1. The molecule has 2 rings (SSSR count). The SMILES string of the molecule is CCCOc1ccc(/C=N\NC(=O)CN(c2cc(OC)ccc2OC)S(C)(=O)=O)cc1OCC. The molecule has 2 aromatic rings. The fourth-order valence-electron chi connectivity index (χ4n) is 2.92. The van der Waals surface area contributed by atoms with Gasteiger partial charge in [0, 0.05) is 6.07 Å². The number of nitrogens with one attached hydrogen (secondary N) is 1. The maximum atomic E-state index is 12.5. The highest BCUT2D eigenvalue weighted by Gasteiger charge is 2.24. The summed E-state index contributed by atoms with van der Waals surface area (Å²) in [4.78, 5) is 12.5. The predicted molar refractivity (Wildman–Crippen MR) is 131 cm³/mol. The highest BCUT2D eigenvalue weighted by atomic mass is 32.2. The van der Waals surface area contributed by atoms with Crippen molar-refractivity contribution in [3.63, 3.8) is 0 Å². The monoisotopic (exact) mass is 493 g/mol. The molecule has 2 aromatic carbocycles. The molecule has 0 unspecified atom stereocenters. The predicted octanol–water partition coefficient (Wildman–Crippen LogP) is 2.81. The first-order valence-electron chi connectivity index (χ1n) is 10.6. The Morgan fingerprint density at radius 1 is 1.03 bits per heavy atom. The second kappa shape index (κ2) is 12.7. The smallest absolute Gasteiger partial charge is 0.260 e. The quantitative estimate of drug-likeness (QED) is 0.337. The van der Waals surface area contributed by atoms with Crippen molar-refractivity contribution >= 4 is 27.8 Å². The molecule has 0 aliphatic heterocycles. The Morgan fingerprint density at radius 3 is 2.38 bits per heavy atom. The van der Waals surface area contributed by atoms with Crippen LogP contribution < -0.4 is 28.7 Å². The first-order valence-corrected chi connectivity index (χ1v) is 12.5. The zero-order valence-electron chi connectivity index (χ0n) is 20.0. The number of sulfonamides is 1. The van der Waals surface area contributed by atoms with Gasteiger partial charge in [-0.15, -0.1) is 0 Å². The molecule has 0 heterocycles. The minimum Gasteiger partial charge on any atom is -0.497 e. The van der Waals surface area contributed by atoms with Gasteiger partial charge in [0.15, 0.2) is 11.5 Å². The number of amides is 1. The molecule has 0 saturated heterocycles.